The molecule has 2 N–H and O–H groups in total. The number of carbonyl (C=O) groups is 2. The lowest BCUT2D eigenvalue weighted by Gasteiger charge is -2.09. The van der Waals surface area contributed by atoms with Gasteiger partial charge in [0.15, 0.2) is 0 Å². The van der Waals surface area contributed by atoms with Gasteiger partial charge in [-0.3, -0.25) is 19.7 Å². The van der Waals surface area contributed by atoms with Crippen LogP contribution in [0.1, 0.15) is 23.7 Å². The van der Waals surface area contributed by atoms with Gasteiger partial charge in [0, 0.05) is 23.4 Å². The topological polar surface area (TPSA) is 123 Å². The van der Waals surface area contributed by atoms with Crippen molar-refractivity contribution in [1.82, 2.24) is 5.43 Å². The highest BCUT2D eigenvalue weighted by atomic mass is 16.6. The maximum Gasteiger partial charge on any atom is 0.271 e. The highest BCUT2D eigenvalue weighted by Crippen LogP contribution is 2.23. The molecule has 0 aliphatic carbocycles. The van der Waals surface area contributed by atoms with Crippen molar-refractivity contribution in [2.45, 2.75) is 13.3 Å². The zero-order chi connectivity index (χ0) is 19.8. The molecule has 0 aliphatic heterocycles. The van der Waals surface area contributed by atoms with E-state index in [1.54, 1.807) is 31.2 Å². The van der Waals surface area contributed by atoms with Gasteiger partial charge in [0.25, 0.3) is 11.6 Å². The maximum absolute atomic E-state index is 12.1. The number of nitrogens with zero attached hydrogens (tertiary/aromatic N) is 2. The minimum Gasteiger partial charge on any atom is -0.495 e. The van der Waals surface area contributed by atoms with Crippen molar-refractivity contribution in [3.8, 4) is 5.75 Å². The summed E-state index contributed by atoms with van der Waals surface area (Å²) in [7, 11) is 1.51. The SMILES string of the molecule is COc1ccccc1NC(=O)C/C(C)=N/NC(=O)c1ccc([N+](=O)[O-])cc1. The molecular weight excluding hydrogens is 352 g/mol. The summed E-state index contributed by atoms with van der Waals surface area (Å²) in [6, 6.07) is 12.1. The number of anilines is 1. The highest BCUT2D eigenvalue weighted by molar-refractivity contribution is 6.06. The van der Waals surface area contributed by atoms with E-state index in [2.05, 4.69) is 15.8 Å². The van der Waals surface area contributed by atoms with Gasteiger partial charge in [-0.1, -0.05) is 12.1 Å². The Hall–Kier alpha value is -3.75. The lowest BCUT2D eigenvalue weighted by molar-refractivity contribution is -0.384. The average Bonchev–Trinajstić information content (AvgIpc) is 2.66. The van der Waals surface area contributed by atoms with Gasteiger partial charge in [-0.25, -0.2) is 5.43 Å². The van der Waals surface area contributed by atoms with E-state index in [1.807, 2.05) is 0 Å². The van der Waals surface area contributed by atoms with Gasteiger partial charge in [0.05, 0.1) is 24.1 Å². The Morgan fingerprint density at radius 3 is 2.44 bits per heavy atom. The molecule has 27 heavy (non-hydrogen) atoms. The van der Waals surface area contributed by atoms with Crippen molar-refractivity contribution in [2.24, 2.45) is 5.10 Å². The fourth-order valence-corrected chi connectivity index (χ4v) is 2.16. The number of carbonyl (C=O) groups excluding carboxylic acids is 2. The molecule has 0 atom stereocenters. The van der Waals surface area contributed by atoms with Crippen molar-refractivity contribution < 1.29 is 19.2 Å². The predicted molar refractivity (Wildman–Crippen MR) is 99.9 cm³/mol. The van der Waals surface area contributed by atoms with Gasteiger partial charge in [-0.05, 0) is 31.2 Å². The summed E-state index contributed by atoms with van der Waals surface area (Å²) in [6.45, 7) is 1.60. The van der Waals surface area contributed by atoms with Crippen molar-refractivity contribution in [1.29, 1.82) is 0 Å². The van der Waals surface area contributed by atoms with Crippen LogP contribution < -0.4 is 15.5 Å². The van der Waals surface area contributed by atoms with Crippen LogP contribution in [0.15, 0.2) is 53.6 Å². The average molecular weight is 370 g/mol. The summed E-state index contributed by atoms with van der Waals surface area (Å²) in [5, 5.41) is 17.2. The van der Waals surface area contributed by atoms with Crippen LogP contribution in [0.2, 0.25) is 0 Å². The molecule has 2 amide bonds. The van der Waals surface area contributed by atoms with Crippen LogP contribution in [-0.4, -0.2) is 29.6 Å². The lowest BCUT2D eigenvalue weighted by Crippen LogP contribution is -2.21. The smallest absolute Gasteiger partial charge is 0.271 e. The molecule has 2 rings (SSSR count). The number of hydrogen-bond acceptors (Lipinski definition) is 6. The summed E-state index contributed by atoms with van der Waals surface area (Å²) in [6.07, 6.45) is -0.0292. The Kier molecular flexibility index (Phi) is 6.59. The van der Waals surface area contributed by atoms with Crippen molar-refractivity contribution >= 4 is 28.9 Å². The second kappa shape index (κ2) is 9.09. The predicted octanol–water partition coefficient (Wildman–Crippen LogP) is 2.74. The first-order valence-corrected chi connectivity index (χ1v) is 7.91. The number of ether oxygens (including phenoxy) is 1. The van der Waals surface area contributed by atoms with E-state index in [1.165, 1.54) is 31.4 Å². The number of nitro groups is 1. The fraction of sp³-hybridized carbons (Fsp3) is 0.167. The number of rotatable bonds is 7. The molecule has 140 valence electrons. The molecule has 0 heterocycles. The number of hydrogen-bond donors (Lipinski definition) is 2. The minimum absolute atomic E-state index is 0.0292. The van der Waals surface area contributed by atoms with Crippen LogP contribution in [0.3, 0.4) is 0 Å². The van der Waals surface area contributed by atoms with E-state index >= 15 is 0 Å². The summed E-state index contributed by atoms with van der Waals surface area (Å²) in [5.41, 5.74) is 3.34. The van der Waals surface area contributed by atoms with E-state index in [0.29, 0.717) is 17.1 Å². The zero-order valence-corrected chi connectivity index (χ0v) is 14.8. The number of para-hydroxylation sites is 2. The largest absolute Gasteiger partial charge is 0.495 e. The van der Waals surface area contributed by atoms with Gasteiger partial charge < -0.3 is 10.1 Å². The summed E-state index contributed by atoms with van der Waals surface area (Å²) in [5.74, 6) is -0.313. The second-order valence-corrected chi connectivity index (χ2v) is 5.52. The van der Waals surface area contributed by atoms with E-state index in [-0.39, 0.29) is 23.6 Å². The molecule has 0 bridgehead atoms. The second-order valence-electron chi connectivity index (χ2n) is 5.52. The molecule has 2 aromatic carbocycles. The Bertz CT molecular complexity index is 878. The number of methoxy groups -OCH3 is 1. The highest BCUT2D eigenvalue weighted by Gasteiger charge is 2.11. The summed E-state index contributed by atoms with van der Waals surface area (Å²) >= 11 is 0. The van der Waals surface area contributed by atoms with Crippen LogP contribution in [0.5, 0.6) is 5.75 Å². The molecule has 2 aromatic rings. The van der Waals surface area contributed by atoms with Crippen LogP contribution in [0, 0.1) is 10.1 Å². The normalized spacial score (nSPS) is 10.8. The molecule has 9 nitrogen and oxygen atoms in total. The van der Waals surface area contributed by atoms with E-state index in [4.69, 9.17) is 4.74 Å². The number of nitrogens with one attached hydrogen (secondary N) is 2. The van der Waals surface area contributed by atoms with Gasteiger partial charge in [0.1, 0.15) is 5.75 Å². The lowest BCUT2D eigenvalue weighted by atomic mass is 10.2. The summed E-state index contributed by atoms with van der Waals surface area (Å²) < 4.78 is 5.16. The van der Waals surface area contributed by atoms with Gasteiger partial charge >= 0.3 is 0 Å². The zero-order valence-electron chi connectivity index (χ0n) is 14.8. The van der Waals surface area contributed by atoms with Crippen molar-refractivity contribution in [3.63, 3.8) is 0 Å². The minimum atomic E-state index is -0.551. The van der Waals surface area contributed by atoms with Gasteiger partial charge in [-0.2, -0.15) is 5.10 Å². The van der Waals surface area contributed by atoms with Crippen LogP contribution in [-0.2, 0) is 4.79 Å². The number of amides is 2. The molecule has 0 radical (unpaired) electrons. The molecule has 0 saturated heterocycles. The molecule has 0 fully saturated rings. The molecule has 0 unspecified atom stereocenters. The number of benzene rings is 2. The first-order valence-electron chi connectivity index (χ1n) is 7.91. The molecule has 0 spiro atoms. The monoisotopic (exact) mass is 370 g/mol. The maximum atomic E-state index is 12.1. The van der Waals surface area contributed by atoms with E-state index in [9.17, 15) is 19.7 Å². The Morgan fingerprint density at radius 1 is 1.15 bits per heavy atom. The van der Waals surface area contributed by atoms with Gasteiger partial charge in [-0.15, -0.1) is 0 Å². The van der Waals surface area contributed by atoms with Crippen molar-refractivity contribution in [2.75, 3.05) is 12.4 Å². The Labute approximate surface area is 155 Å². The first-order chi connectivity index (χ1) is 12.9. The molecule has 0 saturated carbocycles. The number of nitro benzene ring substituents is 1. The van der Waals surface area contributed by atoms with E-state index < -0.39 is 10.8 Å². The van der Waals surface area contributed by atoms with Gasteiger partial charge in [0.2, 0.25) is 5.91 Å². The summed E-state index contributed by atoms with van der Waals surface area (Å²) in [4.78, 5) is 34.1. The number of non-ortho nitro benzene ring substituents is 1. The molecular formula is C18H18N4O5. The third-order valence-electron chi connectivity index (χ3n) is 3.49. The quantitative estimate of drug-likeness (QED) is 0.441. The Balaban J connectivity index is 1.92. The number of hydrazone groups is 1. The van der Waals surface area contributed by atoms with Crippen LogP contribution in [0.25, 0.3) is 0 Å². The molecule has 9 heteroatoms. The fourth-order valence-electron chi connectivity index (χ4n) is 2.16. The molecule has 0 aromatic heterocycles. The van der Waals surface area contributed by atoms with Crippen LogP contribution in [0.4, 0.5) is 11.4 Å². The third kappa shape index (κ3) is 5.63. The van der Waals surface area contributed by atoms with E-state index in [0.717, 1.165) is 0 Å². The third-order valence-corrected chi connectivity index (χ3v) is 3.49. The van der Waals surface area contributed by atoms with Crippen LogP contribution >= 0.6 is 0 Å². The standard InChI is InChI=1S/C18H18N4O5/c1-12(11-17(23)19-15-5-3-4-6-16(15)27-2)20-21-18(24)13-7-9-14(10-8-13)22(25)26/h3-10H,11H2,1-2H3,(H,19,23)(H,21,24)/b20-12+. The molecule has 0 aliphatic rings. The van der Waals surface area contributed by atoms with Crippen molar-refractivity contribution in [3.05, 3.63) is 64.2 Å². The first kappa shape index (κ1) is 19.6. The Morgan fingerprint density at radius 2 is 1.81 bits per heavy atom.